The van der Waals surface area contributed by atoms with Crippen LogP contribution in [-0.2, 0) is 14.6 Å². The number of hydrogen-bond acceptors (Lipinski definition) is 3. The van der Waals surface area contributed by atoms with E-state index < -0.39 is 38.0 Å². The van der Waals surface area contributed by atoms with Crippen LogP contribution in [0.2, 0.25) is 0 Å². The highest BCUT2D eigenvalue weighted by Gasteiger charge is 2.32. The van der Waals surface area contributed by atoms with Gasteiger partial charge in [0.1, 0.15) is 22.3 Å². The first kappa shape index (κ1) is 13.9. The van der Waals surface area contributed by atoms with Gasteiger partial charge < -0.3 is 4.90 Å². The molecule has 19 heavy (non-hydrogen) atoms. The molecular formula is C12H13F2NO3S. The number of amides is 1. The van der Waals surface area contributed by atoms with Crippen molar-refractivity contribution in [1.82, 2.24) is 4.90 Å². The molecule has 0 radical (unpaired) electrons. The van der Waals surface area contributed by atoms with Gasteiger partial charge in [0, 0.05) is 13.1 Å². The van der Waals surface area contributed by atoms with Crippen molar-refractivity contribution in [1.29, 1.82) is 0 Å². The average molecular weight is 289 g/mol. The highest BCUT2D eigenvalue weighted by Crippen LogP contribution is 2.26. The smallest absolute Gasteiger partial charge is 0.238 e. The van der Waals surface area contributed by atoms with Gasteiger partial charge in [0.05, 0.1) is 0 Å². The van der Waals surface area contributed by atoms with Crippen LogP contribution < -0.4 is 0 Å². The molecule has 1 amide bonds. The molecule has 1 aromatic carbocycles. The predicted molar refractivity (Wildman–Crippen MR) is 64.2 cm³/mol. The third-order valence-electron chi connectivity index (χ3n) is 3.03. The summed E-state index contributed by atoms with van der Waals surface area (Å²) < 4.78 is 50.2. The van der Waals surface area contributed by atoms with Gasteiger partial charge in [0.15, 0.2) is 9.84 Å². The molecule has 0 spiro atoms. The Bertz CT molecular complexity index is 611. The Hall–Kier alpha value is -1.50. The van der Waals surface area contributed by atoms with E-state index in [1.807, 2.05) is 0 Å². The number of sulfone groups is 1. The zero-order chi connectivity index (χ0) is 14.2. The topological polar surface area (TPSA) is 54.5 Å². The van der Waals surface area contributed by atoms with Crippen molar-refractivity contribution in [2.24, 2.45) is 0 Å². The lowest BCUT2D eigenvalue weighted by molar-refractivity contribution is -0.127. The van der Waals surface area contributed by atoms with Crippen molar-refractivity contribution < 1.29 is 22.0 Å². The zero-order valence-corrected chi connectivity index (χ0v) is 11.1. The van der Waals surface area contributed by atoms with Crippen molar-refractivity contribution in [3.8, 4) is 0 Å². The summed E-state index contributed by atoms with van der Waals surface area (Å²) in [6.07, 6.45) is 1.69. The molecule has 1 aliphatic rings. The highest BCUT2D eigenvalue weighted by atomic mass is 32.2. The summed E-state index contributed by atoms with van der Waals surface area (Å²) in [5.41, 5.74) is 0. The summed E-state index contributed by atoms with van der Waals surface area (Å²) in [6.45, 7) is 0. The van der Waals surface area contributed by atoms with Gasteiger partial charge in [-0.2, -0.15) is 0 Å². The van der Waals surface area contributed by atoms with E-state index >= 15 is 0 Å². The van der Waals surface area contributed by atoms with E-state index in [0.717, 1.165) is 25.0 Å². The van der Waals surface area contributed by atoms with Crippen LogP contribution in [-0.4, -0.2) is 38.1 Å². The number of nitrogens with zero attached hydrogens (tertiary/aromatic N) is 1. The largest absolute Gasteiger partial charge is 0.342 e. The summed E-state index contributed by atoms with van der Waals surface area (Å²) in [5, 5.41) is 0. The second-order valence-electron chi connectivity index (χ2n) is 4.57. The standard InChI is InChI=1S/C12H13F2NO3S/c1-15(9-3-4-9)12(16)7-19(17,18)11-6-8(13)2-5-10(11)14/h2,5-6,9H,3-4,7H2,1H3. The zero-order valence-electron chi connectivity index (χ0n) is 10.3. The second-order valence-corrected chi connectivity index (χ2v) is 6.53. The molecule has 0 saturated heterocycles. The maximum Gasteiger partial charge on any atom is 0.238 e. The molecular weight excluding hydrogens is 276 g/mol. The van der Waals surface area contributed by atoms with Gasteiger partial charge in [-0.1, -0.05) is 0 Å². The van der Waals surface area contributed by atoms with E-state index in [2.05, 4.69) is 0 Å². The van der Waals surface area contributed by atoms with Crippen LogP contribution in [0.5, 0.6) is 0 Å². The normalized spacial score (nSPS) is 15.3. The van der Waals surface area contributed by atoms with E-state index in [4.69, 9.17) is 0 Å². The Morgan fingerprint density at radius 2 is 2.00 bits per heavy atom. The molecule has 104 valence electrons. The first-order valence-electron chi connectivity index (χ1n) is 5.75. The van der Waals surface area contributed by atoms with Crippen molar-refractivity contribution in [2.45, 2.75) is 23.8 Å². The molecule has 7 heteroatoms. The number of carbonyl (C=O) groups is 1. The van der Waals surface area contributed by atoms with Gasteiger partial charge in [-0.25, -0.2) is 17.2 Å². The third-order valence-corrected chi connectivity index (χ3v) is 4.64. The maximum atomic E-state index is 13.4. The Balaban J connectivity index is 2.22. The van der Waals surface area contributed by atoms with E-state index in [-0.39, 0.29) is 6.04 Å². The fraction of sp³-hybridized carbons (Fsp3) is 0.417. The van der Waals surface area contributed by atoms with Crippen LogP contribution in [0.4, 0.5) is 8.78 Å². The van der Waals surface area contributed by atoms with Gasteiger partial charge in [-0.15, -0.1) is 0 Å². The lowest BCUT2D eigenvalue weighted by Crippen LogP contribution is -2.34. The Morgan fingerprint density at radius 1 is 1.37 bits per heavy atom. The molecule has 0 bridgehead atoms. The van der Waals surface area contributed by atoms with Crippen LogP contribution in [0.3, 0.4) is 0 Å². The number of halogens is 2. The Morgan fingerprint density at radius 3 is 2.58 bits per heavy atom. The Labute approximate surface area is 109 Å². The third kappa shape index (κ3) is 3.09. The van der Waals surface area contributed by atoms with E-state index in [9.17, 15) is 22.0 Å². The van der Waals surface area contributed by atoms with Gasteiger partial charge in [-0.05, 0) is 31.0 Å². The molecule has 1 saturated carbocycles. The van der Waals surface area contributed by atoms with E-state index in [1.54, 1.807) is 0 Å². The van der Waals surface area contributed by atoms with E-state index in [0.29, 0.717) is 6.07 Å². The van der Waals surface area contributed by atoms with Gasteiger partial charge in [0.25, 0.3) is 0 Å². The Kier molecular flexibility index (Phi) is 3.58. The fourth-order valence-electron chi connectivity index (χ4n) is 1.72. The van der Waals surface area contributed by atoms with Gasteiger partial charge in [-0.3, -0.25) is 4.79 Å². The quantitative estimate of drug-likeness (QED) is 0.841. The maximum absolute atomic E-state index is 13.4. The number of rotatable bonds is 4. The molecule has 1 aromatic rings. The summed E-state index contributed by atoms with van der Waals surface area (Å²) in [4.78, 5) is 12.3. The van der Waals surface area contributed by atoms with Crippen LogP contribution in [0, 0.1) is 11.6 Å². The number of carbonyl (C=O) groups excluding carboxylic acids is 1. The minimum absolute atomic E-state index is 0.0695. The molecule has 0 N–H and O–H groups in total. The number of benzene rings is 1. The lowest BCUT2D eigenvalue weighted by Gasteiger charge is -2.16. The summed E-state index contributed by atoms with van der Waals surface area (Å²) >= 11 is 0. The molecule has 1 fully saturated rings. The first-order chi connectivity index (χ1) is 8.81. The van der Waals surface area contributed by atoms with E-state index in [1.165, 1.54) is 11.9 Å². The first-order valence-corrected chi connectivity index (χ1v) is 7.40. The molecule has 1 aliphatic carbocycles. The molecule has 0 aliphatic heterocycles. The van der Waals surface area contributed by atoms with Crippen molar-refractivity contribution in [3.05, 3.63) is 29.8 Å². The lowest BCUT2D eigenvalue weighted by atomic mass is 10.3. The van der Waals surface area contributed by atoms with Crippen molar-refractivity contribution in [2.75, 3.05) is 12.8 Å². The molecule has 0 unspecified atom stereocenters. The monoisotopic (exact) mass is 289 g/mol. The van der Waals surface area contributed by atoms with Gasteiger partial charge >= 0.3 is 0 Å². The predicted octanol–water partition coefficient (Wildman–Crippen LogP) is 1.36. The molecule has 0 atom stereocenters. The van der Waals surface area contributed by atoms with Crippen LogP contribution >= 0.6 is 0 Å². The van der Waals surface area contributed by atoms with Crippen LogP contribution in [0.15, 0.2) is 23.1 Å². The minimum Gasteiger partial charge on any atom is -0.342 e. The average Bonchev–Trinajstić information content (AvgIpc) is 3.14. The summed E-state index contributed by atoms with van der Waals surface area (Å²) in [6, 6.07) is 2.22. The molecule has 0 heterocycles. The van der Waals surface area contributed by atoms with Gasteiger partial charge in [0.2, 0.25) is 5.91 Å². The van der Waals surface area contributed by atoms with Crippen molar-refractivity contribution >= 4 is 15.7 Å². The molecule has 4 nitrogen and oxygen atoms in total. The summed E-state index contributed by atoms with van der Waals surface area (Å²) in [7, 11) is -2.66. The van der Waals surface area contributed by atoms with Crippen LogP contribution in [0.25, 0.3) is 0 Å². The van der Waals surface area contributed by atoms with Crippen molar-refractivity contribution in [3.63, 3.8) is 0 Å². The number of hydrogen-bond donors (Lipinski definition) is 0. The highest BCUT2D eigenvalue weighted by molar-refractivity contribution is 7.92. The second kappa shape index (κ2) is 4.88. The van der Waals surface area contributed by atoms with Crippen LogP contribution in [0.1, 0.15) is 12.8 Å². The molecule has 0 aromatic heterocycles. The molecule has 2 rings (SSSR count). The minimum atomic E-state index is -4.17. The fourth-order valence-corrected chi connectivity index (χ4v) is 3.06. The SMILES string of the molecule is CN(C(=O)CS(=O)(=O)c1cc(F)ccc1F)C1CC1. The summed E-state index contributed by atoms with van der Waals surface area (Å²) in [5.74, 6) is -3.36.